The van der Waals surface area contributed by atoms with Crippen LogP contribution in [0.2, 0.25) is 0 Å². The summed E-state index contributed by atoms with van der Waals surface area (Å²) in [6, 6.07) is 4.30. The van der Waals surface area contributed by atoms with E-state index in [-0.39, 0.29) is 6.04 Å². The van der Waals surface area contributed by atoms with Crippen molar-refractivity contribution in [3.05, 3.63) is 27.7 Å². The number of fused-ring (bicyclic) bond motifs is 1. The van der Waals surface area contributed by atoms with Gasteiger partial charge in [-0.3, -0.25) is 4.68 Å². The zero-order valence-electron chi connectivity index (χ0n) is 17.2. The highest BCUT2D eigenvalue weighted by Crippen LogP contribution is 2.35. The lowest BCUT2D eigenvalue weighted by atomic mass is 10.1. The summed E-state index contributed by atoms with van der Waals surface area (Å²) in [7, 11) is 3.82. The van der Waals surface area contributed by atoms with Crippen LogP contribution in [-0.4, -0.2) is 65.2 Å². The zero-order chi connectivity index (χ0) is 21.0. The quantitative estimate of drug-likeness (QED) is 0.383. The summed E-state index contributed by atoms with van der Waals surface area (Å²) in [6.07, 6.45) is 1.77. The number of hydrogen-bond acceptors (Lipinski definition) is 7. The van der Waals surface area contributed by atoms with Gasteiger partial charge in [-0.25, -0.2) is 14.2 Å². The number of aryl methyl sites for hydroxylation is 3. The van der Waals surface area contributed by atoms with Crippen LogP contribution in [0.15, 0.2) is 18.3 Å². The van der Waals surface area contributed by atoms with E-state index in [0.717, 1.165) is 50.0 Å². The number of aromatic nitrogens is 8. The van der Waals surface area contributed by atoms with Gasteiger partial charge in [0.25, 0.3) is 0 Å². The summed E-state index contributed by atoms with van der Waals surface area (Å²) in [4.78, 5) is 7.14. The zero-order valence-corrected chi connectivity index (χ0v) is 19.4. The monoisotopic (exact) mass is 519 g/mol. The van der Waals surface area contributed by atoms with Gasteiger partial charge in [0.05, 0.1) is 30.6 Å². The molecule has 0 unspecified atom stereocenters. The maximum atomic E-state index is 5.64. The van der Waals surface area contributed by atoms with E-state index in [2.05, 4.69) is 55.9 Å². The number of rotatable bonds is 3. The first kappa shape index (κ1) is 19.4. The molecule has 1 aliphatic rings. The van der Waals surface area contributed by atoms with Crippen LogP contribution in [-0.2, 0) is 18.8 Å². The summed E-state index contributed by atoms with van der Waals surface area (Å²) < 4.78 is 12.1. The number of nitrogens with zero attached hydrogens (tertiary/aromatic N) is 9. The number of halogens is 1. The van der Waals surface area contributed by atoms with Crippen molar-refractivity contribution in [2.45, 2.75) is 19.9 Å². The summed E-state index contributed by atoms with van der Waals surface area (Å²) in [5.41, 5.74) is 4.67. The Morgan fingerprint density at radius 1 is 1.23 bits per heavy atom. The van der Waals surface area contributed by atoms with E-state index >= 15 is 0 Å². The lowest BCUT2D eigenvalue weighted by Gasteiger charge is -2.34. The molecule has 0 radical (unpaired) electrons. The second-order valence-corrected chi connectivity index (χ2v) is 8.53. The molecule has 0 aliphatic carbocycles. The first-order valence-electron chi connectivity index (χ1n) is 9.74. The molecule has 0 bridgehead atoms. The van der Waals surface area contributed by atoms with Crippen LogP contribution in [0, 0.1) is 10.6 Å². The standard InChI is InChI=1S/C19H22IN9O/c1-11-10-30-8-7-28(11)15-9-13(16-12(2)23-25-27(16)4)17-18(20)22-19(29(17)24-15)14-5-6-21-26(14)3/h5-6,9,11H,7-8,10H2,1-4H3/t11-/m1/s1. The van der Waals surface area contributed by atoms with Crippen molar-refractivity contribution in [1.82, 2.24) is 39.4 Å². The van der Waals surface area contributed by atoms with Crippen LogP contribution in [0.4, 0.5) is 5.82 Å². The Balaban J connectivity index is 1.83. The van der Waals surface area contributed by atoms with E-state index in [4.69, 9.17) is 14.8 Å². The molecule has 4 aromatic heterocycles. The number of imidazole rings is 1. The molecule has 1 aliphatic heterocycles. The van der Waals surface area contributed by atoms with Crippen molar-refractivity contribution in [3.63, 3.8) is 0 Å². The Kier molecular flexibility index (Phi) is 4.73. The van der Waals surface area contributed by atoms with Gasteiger partial charge in [-0.15, -0.1) is 10.2 Å². The van der Waals surface area contributed by atoms with E-state index in [1.807, 2.05) is 41.0 Å². The molecule has 30 heavy (non-hydrogen) atoms. The molecular formula is C19H22IN9O. The molecule has 1 atom stereocenters. The van der Waals surface area contributed by atoms with E-state index in [1.165, 1.54) is 0 Å². The van der Waals surface area contributed by atoms with Crippen LogP contribution in [0.3, 0.4) is 0 Å². The first-order valence-corrected chi connectivity index (χ1v) is 10.8. The molecule has 156 valence electrons. The third-order valence-corrected chi connectivity index (χ3v) is 6.26. The lowest BCUT2D eigenvalue weighted by molar-refractivity contribution is 0.0984. The smallest absolute Gasteiger partial charge is 0.180 e. The molecule has 0 amide bonds. The Hall–Kier alpha value is -2.54. The molecular weight excluding hydrogens is 497 g/mol. The molecule has 10 nitrogen and oxygen atoms in total. The number of morpholine rings is 1. The molecule has 0 N–H and O–H groups in total. The summed E-state index contributed by atoms with van der Waals surface area (Å²) in [5.74, 6) is 1.64. The lowest BCUT2D eigenvalue weighted by Crippen LogP contribution is -2.44. The average molecular weight is 519 g/mol. The van der Waals surface area contributed by atoms with Gasteiger partial charge in [-0.1, -0.05) is 5.21 Å². The highest BCUT2D eigenvalue weighted by molar-refractivity contribution is 14.1. The normalized spacial score (nSPS) is 17.2. The molecule has 5 rings (SSSR count). The number of ether oxygens (including phenoxy) is 1. The fourth-order valence-corrected chi connectivity index (χ4v) is 4.76. The summed E-state index contributed by atoms with van der Waals surface area (Å²) >= 11 is 2.27. The molecule has 0 aromatic carbocycles. The van der Waals surface area contributed by atoms with E-state index in [1.54, 1.807) is 6.20 Å². The minimum Gasteiger partial charge on any atom is -0.377 e. The van der Waals surface area contributed by atoms with E-state index in [0.29, 0.717) is 13.2 Å². The van der Waals surface area contributed by atoms with Crippen molar-refractivity contribution < 1.29 is 4.74 Å². The fourth-order valence-electron chi connectivity index (χ4n) is 4.01. The topological polar surface area (TPSA) is 91.2 Å². The minimum atomic E-state index is 0.227. The van der Waals surface area contributed by atoms with Gasteiger partial charge in [0.1, 0.15) is 14.9 Å². The number of hydrogen-bond donors (Lipinski definition) is 0. The molecule has 11 heteroatoms. The first-order chi connectivity index (χ1) is 14.5. The van der Waals surface area contributed by atoms with Crippen LogP contribution < -0.4 is 4.90 Å². The largest absolute Gasteiger partial charge is 0.377 e. The Labute approximate surface area is 187 Å². The van der Waals surface area contributed by atoms with Gasteiger partial charge >= 0.3 is 0 Å². The summed E-state index contributed by atoms with van der Waals surface area (Å²) in [5, 5.41) is 17.8. The van der Waals surface area contributed by atoms with Crippen molar-refractivity contribution in [2.24, 2.45) is 14.1 Å². The third kappa shape index (κ3) is 2.98. The van der Waals surface area contributed by atoms with Gasteiger partial charge in [0.15, 0.2) is 11.6 Å². The Morgan fingerprint density at radius 3 is 2.73 bits per heavy atom. The van der Waals surface area contributed by atoms with Gasteiger partial charge in [-0.05, 0) is 48.6 Å². The molecule has 1 fully saturated rings. The predicted octanol–water partition coefficient (Wildman–Crippen LogP) is 2.06. The predicted molar refractivity (Wildman–Crippen MR) is 120 cm³/mol. The Morgan fingerprint density at radius 2 is 2.07 bits per heavy atom. The van der Waals surface area contributed by atoms with E-state index < -0.39 is 0 Å². The maximum absolute atomic E-state index is 5.64. The fraction of sp³-hybridized carbons (Fsp3) is 0.421. The van der Waals surface area contributed by atoms with Gasteiger partial charge in [0.2, 0.25) is 0 Å². The van der Waals surface area contributed by atoms with Crippen molar-refractivity contribution in [1.29, 1.82) is 0 Å². The second-order valence-electron chi connectivity index (χ2n) is 7.51. The second kappa shape index (κ2) is 7.30. The molecule has 5 heterocycles. The highest BCUT2D eigenvalue weighted by Gasteiger charge is 2.26. The van der Waals surface area contributed by atoms with Gasteiger partial charge in [-0.2, -0.15) is 5.10 Å². The van der Waals surface area contributed by atoms with Crippen molar-refractivity contribution in [3.8, 4) is 22.8 Å². The molecule has 0 saturated carbocycles. The van der Waals surface area contributed by atoms with Crippen molar-refractivity contribution >= 4 is 33.9 Å². The van der Waals surface area contributed by atoms with Crippen molar-refractivity contribution in [2.75, 3.05) is 24.7 Å². The van der Waals surface area contributed by atoms with Crippen LogP contribution in [0.1, 0.15) is 12.6 Å². The minimum absolute atomic E-state index is 0.227. The maximum Gasteiger partial charge on any atom is 0.180 e. The van der Waals surface area contributed by atoms with Crippen LogP contribution in [0.5, 0.6) is 0 Å². The highest BCUT2D eigenvalue weighted by atomic mass is 127. The van der Waals surface area contributed by atoms with E-state index in [9.17, 15) is 0 Å². The van der Waals surface area contributed by atoms with Crippen LogP contribution >= 0.6 is 22.6 Å². The Bertz CT molecular complexity index is 1220. The molecule has 0 spiro atoms. The molecule has 1 saturated heterocycles. The van der Waals surface area contributed by atoms with Gasteiger partial charge in [0, 0.05) is 32.4 Å². The summed E-state index contributed by atoms with van der Waals surface area (Å²) in [6.45, 7) is 6.27. The SMILES string of the molecule is Cc1nnn(C)c1-c1cc(N2CCOC[C@H]2C)nn2c(-c3ccnn3C)nc(I)c12. The number of anilines is 1. The van der Waals surface area contributed by atoms with Gasteiger partial charge < -0.3 is 9.64 Å². The van der Waals surface area contributed by atoms with Crippen LogP contribution in [0.25, 0.3) is 28.3 Å². The molecule has 4 aromatic rings. The average Bonchev–Trinajstić information content (AvgIpc) is 3.39. The third-order valence-electron chi connectivity index (χ3n) is 5.51.